The molecule has 74 valence electrons. The van der Waals surface area contributed by atoms with Gasteiger partial charge in [0.2, 0.25) is 0 Å². The molecule has 1 heterocycles. The van der Waals surface area contributed by atoms with E-state index >= 15 is 0 Å². The van der Waals surface area contributed by atoms with E-state index in [0.29, 0.717) is 6.42 Å². The van der Waals surface area contributed by atoms with Gasteiger partial charge in [0.25, 0.3) is 0 Å². The van der Waals surface area contributed by atoms with Crippen LogP contribution in [0.5, 0.6) is 0 Å². The van der Waals surface area contributed by atoms with Crippen molar-refractivity contribution in [1.82, 2.24) is 14.8 Å². The maximum absolute atomic E-state index is 9.94. The summed E-state index contributed by atoms with van der Waals surface area (Å²) in [4.78, 5) is 3.80. The highest BCUT2D eigenvalue weighted by molar-refractivity contribution is 4.79. The van der Waals surface area contributed by atoms with Crippen LogP contribution in [-0.4, -0.2) is 32.6 Å². The molecule has 0 bridgehead atoms. The summed E-state index contributed by atoms with van der Waals surface area (Å²) in [5.74, 6) is 0. The summed E-state index contributed by atoms with van der Waals surface area (Å²) in [5.41, 5.74) is -0.928. The molecule has 13 heavy (non-hydrogen) atoms. The second-order valence-corrected chi connectivity index (χ2v) is 3.17. The Balaban J connectivity index is 2.86. The second kappa shape index (κ2) is 3.85. The number of hydrogen-bond acceptors (Lipinski definition) is 4. The van der Waals surface area contributed by atoms with Crippen LogP contribution in [0.3, 0.4) is 0 Å². The van der Waals surface area contributed by atoms with Gasteiger partial charge in [-0.2, -0.15) is 5.10 Å². The Kier molecular flexibility index (Phi) is 3.00. The summed E-state index contributed by atoms with van der Waals surface area (Å²) < 4.78 is 6.66. The van der Waals surface area contributed by atoms with Gasteiger partial charge in [-0.1, -0.05) is 6.92 Å². The summed E-state index contributed by atoms with van der Waals surface area (Å²) in [6.45, 7) is 3.60. The fourth-order valence-electron chi connectivity index (χ4n) is 1.16. The topological polar surface area (TPSA) is 60.2 Å². The van der Waals surface area contributed by atoms with Crippen molar-refractivity contribution in [2.75, 3.05) is 7.11 Å². The molecule has 1 aromatic rings. The molecular weight excluding hydrogens is 170 g/mol. The lowest BCUT2D eigenvalue weighted by atomic mass is 10.0. The Bertz CT molecular complexity index is 246. The average molecular weight is 185 g/mol. The van der Waals surface area contributed by atoms with Gasteiger partial charge in [0.15, 0.2) is 6.23 Å². The van der Waals surface area contributed by atoms with Crippen LogP contribution >= 0.6 is 0 Å². The van der Waals surface area contributed by atoms with E-state index < -0.39 is 11.8 Å². The lowest BCUT2D eigenvalue weighted by Crippen LogP contribution is -2.37. The molecule has 0 fully saturated rings. The van der Waals surface area contributed by atoms with Gasteiger partial charge in [-0.3, -0.25) is 0 Å². The minimum Gasteiger partial charge on any atom is -0.385 e. The first-order chi connectivity index (χ1) is 6.11. The van der Waals surface area contributed by atoms with E-state index in [2.05, 4.69) is 10.1 Å². The normalized spacial score (nSPS) is 18.2. The third-order valence-corrected chi connectivity index (χ3v) is 2.15. The van der Waals surface area contributed by atoms with Crippen molar-refractivity contribution in [2.24, 2.45) is 0 Å². The number of hydrogen-bond donors (Lipinski definition) is 1. The first-order valence-electron chi connectivity index (χ1n) is 4.21. The van der Waals surface area contributed by atoms with Gasteiger partial charge in [0.1, 0.15) is 18.3 Å². The Labute approximate surface area is 77.4 Å². The average Bonchev–Trinajstić information content (AvgIpc) is 2.58. The minimum atomic E-state index is -0.928. The molecule has 0 aliphatic rings. The van der Waals surface area contributed by atoms with E-state index in [0.717, 1.165) is 0 Å². The first kappa shape index (κ1) is 10.1. The van der Waals surface area contributed by atoms with Crippen LogP contribution in [0, 0.1) is 0 Å². The molecule has 0 radical (unpaired) electrons. The number of aliphatic hydroxyl groups is 1. The van der Waals surface area contributed by atoms with Crippen LogP contribution in [0.15, 0.2) is 12.7 Å². The third-order valence-electron chi connectivity index (χ3n) is 2.15. The fourth-order valence-corrected chi connectivity index (χ4v) is 1.16. The number of rotatable bonds is 4. The Morgan fingerprint density at radius 3 is 2.77 bits per heavy atom. The van der Waals surface area contributed by atoms with Crippen molar-refractivity contribution in [1.29, 1.82) is 0 Å². The van der Waals surface area contributed by atoms with E-state index in [9.17, 15) is 5.11 Å². The van der Waals surface area contributed by atoms with E-state index in [1.54, 1.807) is 6.92 Å². The van der Waals surface area contributed by atoms with E-state index in [1.165, 1.54) is 24.4 Å². The predicted molar refractivity (Wildman–Crippen MR) is 47.0 cm³/mol. The Morgan fingerprint density at radius 2 is 2.38 bits per heavy atom. The van der Waals surface area contributed by atoms with Crippen LogP contribution in [0.2, 0.25) is 0 Å². The molecule has 0 aromatic carbocycles. The maximum Gasteiger partial charge on any atom is 0.179 e. The number of methoxy groups -OCH3 is 1. The van der Waals surface area contributed by atoms with Crippen LogP contribution in [-0.2, 0) is 4.74 Å². The number of nitrogens with zero attached hydrogens (tertiary/aromatic N) is 3. The fraction of sp³-hybridized carbons (Fsp3) is 0.750. The molecule has 0 amide bonds. The SMILES string of the molecule is CCC(C)(O)C(OC)n1cncn1. The molecular formula is C8H15N3O2. The van der Waals surface area contributed by atoms with E-state index in [4.69, 9.17) is 4.74 Å². The first-order valence-corrected chi connectivity index (χ1v) is 4.21. The highest BCUT2D eigenvalue weighted by Crippen LogP contribution is 2.24. The summed E-state index contributed by atoms with van der Waals surface area (Å²) in [7, 11) is 1.54. The minimum absolute atomic E-state index is 0.486. The Morgan fingerprint density at radius 1 is 1.69 bits per heavy atom. The lowest BCUT2D eigenvalue weighted by molar-refractivity contribution is -0.129. The zero-order valence-corrected chi connectivity index (χ0v) is 8.14. The monoisotopic (exact) mass is 185 g/mol. The van der Waals surface area contributed by atoms with Gasteiger partial charge in [-0.15, -0.1) is 0 Å². The summed E-state index contributed by atoms with van der Waals surface area (Å²) >= 11 is 0. The van der Waals surface area contributed by atoms with Gasteiger partial charge in [-0.25, -0.2) is 9.67 Å². The van der Waals surface area contributed by atoms with Crippen molar-refractivity contribution >= 4 is 0 Å². The highest BCUT2D eigenvalue weighted by Gasteiger charge is 2.32. The Hall–Kier alpha value is -0.940. The predicted octanol–water partition coefficient (Wildman–Crippen LogP) is 0.584. The molecule has 0 aliphatic carbocycles. The molecule has 5 nitrogen and oxygen atoms in total. The molecule has 1 N–H and O–H groups in total. The molecule has 1 aromatic heterocycles. The van der Waals surface area contributed by atoms with Crippen LogP contribution < -0.4 is 0 Å². The summed E-state index contributed by atoms with van der Waals surface area (Å²) in [6, 6.07) is 0. The third kappa shape index (κ3) is 2.05. The molecule has 0 saturated heterocycles. The highest BCUT2D eigenvalue weighted by atomic mass is 16.5. The summed E-state index contributed by atoms with van der Waals surface area (Å²) in [5, 5.41) is 13.9. The number of aromatic nitrogens is 3. The van der Waals surface area contributed by atoms with Crippen molar-refractivity contribution in [3.63, 3.8) is 0 Å². The van der Waals surface area contributed by atoms with E-state index in [-0.39, 0.29) is 0 Å². The van der Waals surface area contributed by atoms with Gasteiger partial charge >= 0.3 is 0 Å². The molecule has 1 rings (SSSR count). The second-order valence-electron chi connectivity index (χ2n) is 3.17. The van der Waals surface area contributed by atoms with Gasteiger partial charge in [0.05, 0.1) is 0 Å². The van der Waals surface area contributed by atoms with Crippen LogP contribution in [0.25, 0.3) is 0 Å². The molecule has 0 saturated carbocycles. The summed E-state index contributed by atoms with van der Waals surface area (Å²) in [6.07, 6.45) is 3.04. The molecule has 5 heteroatoms. The van der Waals surface area contributed by atoms with Crippen molar-refractivity contribution < 1.29 is 9.84 Å². The van der Waals surface area contributed by atoms with Crippen LogP contribution in [0.4, 0.5) is 0 Å². The maximum atomic E-state index is 9.94. The molecule has 2 unspecified atom stereocenters. The quantitative estimate of drug-likeness (QED) is 0.745. The van der Waals surface area contributed by atoms with Crippen molar-refractivity contribution in [3.8, 4) is 0 Å². The molecule has 0 aliphatic heterocycles. The van der Waals surface area contributed by atoms with Crippen molar-refractivity contribution in [2.45, 2.75) is 32.1 Å². The molecule has 0 spiro atoms. The lowest BCUT2D eigenvalue weighted by Gasteiger charge is -2.30. The zero-order valence-electron chi connectivity index (χ0n) is 8.14. The van der Waals surface area contributed by atoms with Gasteiger partial charge in [0, 0.05) is 7.11 Å². The number of ether oxygens (including phenoxy) is 1. The largest absolute Gasteiger partial charge is 0.385 e. The standard InChI is InChI=1S/C8H15N3O2/c1-4-8(2,12)7(13-3)11-6-9-5-10-11/h5-7,12H,4H2,1-3H3. The molecule has 2 atom stereocenters. The van der Waals surface area contributed by atoms with Gasteiger partial charge in [-0.05, 0) is 13.3 Å². The zero-order chi connectivity index (χ0) is 9.90. The van der Waals surface area contributed by atoms with Gasteiger partial charge < -0.3 is 9.84 Å². The van der Waals surface area contributed by atoms with Crippen LogP contribution in [0.1, 0.15) is 26.5 Å². The van der Waals surface area contributed by atoms with E-state index in [1.807, 2.05) is 6.92 Å². The smallest absolute Gasteiger partial charge is 0.179 e. The van der Waals surface area contributed by atoms with Crippen molar-refractivity contribution in [3.05, 3.63) is 12.7 Å².